The summed E-state index contributed by atoms with van der Waals surface area (Å²) in [5.74, 6) is 0.629. The maximum absolute atomic E-state index is 11.9. The van der Waals surface area contributed by atoms with E-state index in [4.69, 9.17) is 0 Å². The molecule has 3 N–H and O–H groups in total. The first kappa shape index (κ1) is 13.0. The minimum atomic E-state index is -0.356. The van der Waals surface area contributed by atoms with Gasteiger partial charge < -0.3 is 10.4 Å². The van der Waals surface area contributed by atoms with Gasteiger partial charge in [0.15, 0.2) is 0 Å². The molecule has 1 aliphatic carbocycles. The molecular formula is C12H20N4O2. The number of rotatable bonds is 4. The second kappa shape index (κ2) is 4.68. The number of nitrogens with zero attached hydrogens (tertiary/aromatic N) is 2. The van der Waals surface area contributed by atoms with E-state index in [1.807, 2.05) is 20.8 Å². The highest BCUT2D eigenvalue weighted by Gasteiger charge is 2.48. The topological polar surface area (TPSA) is 90.9 Å². The maximum Gasteiger partial charge on any atom is 0.291 e. The molecule has 1 saturated carbocycles. The number of amides is 1. The first-order valence-electron chi connectivity index (χ1n) is 6.35. The second-order valence-electron chi connectivity index (χ2n) is 5.45. The van der Waals surface area contributed by atoms with Gasteiger partial charge in [0.2, 0.25) is 5.82 Å². The third-order valence-electron chi connectivity index (χ3n) is 3.74. The maximum atomic E-state index is 11.9. The van der Waals surface area contributed by atoms with Gasteiger partial charge in [-0.05, 0) is 12.8 Å². The van der Waals surface area contributed by atoms with Crippen molar-refractivity contribution in [3.05, 3.63) is 11.6 Å². The molecule has 18 heavy (non-hydrogen) atoms. The van der Waals surface area contributed by atoms with Gasteiger partial charge >= 0.3 is 0 Å². The van der Waals surface area contributed by atoms with Crippen molar-refractivity contribution < 1.29 is 9.90 Å². The highest BCUT2D eigenvalue weighted by atomic mass is 16.3. The minimum Gasteiger partial charge on any atom is -0.392 e. The van der Waals surface area contributed by atoms with E-state index in [9.17, 15) is 9.90 Å². The van der Waals surface area contributed by atoms with E-state index in [1.165, 1.54) is 0 Å². The highest BCUT2D eigenvalue weighted by molar-refractivity contribution is 5.90. The largest absolute Gasteiger partial charge is 0.392 e. The van der Waals surface area contributed by atoms with Crippen molar-refractivity contribution in [3.63, 3.8) is 0 Å². The Morgan fingerprint density at radius 2 is 2.33 bits per heavy atom. The van der Waals surface area contributed by atoms with E-state index < -0.39 is 0 Å². The smallest absolute Gasteiger partial charge is 0.291 e. The average Bonchev–Trinajstić information content (AvgIpc) is 2.78. The zero-order valence-electron chi connectivity index (χ0n) is 11.0. The van der Waals surface area contributed by atoms with Crippen LogP contribution in [0.25, 0.3) is 0 Å². The van der Waals surface area contributed by atoms with E-state index in [0.29, 0.717) is 6.42 Å². The van der Waals surface area contributed by atoms with Crippen molar-refractivity contribution in [2.75, 3.05) is 0 Å². The molecule has 1 aromatic heterocycles. The van der Waals surface area contributed by atoms with Crippen LogP contribution in [0.5, 0.6) is 0 Å². The summed E-state index contributed by atoms with van der Waals surface area (Å²) in [6.07, 6.45) is 1.97. The Morgan fingerprint density at radius 3 is 2.89 bits per heavy atom. The Morgan fingerprint density at radius 1 is 1.61 bits per heavy atom. The first-order valence-corrected chi connectivity index (χ1v) is 6.35. The Bertz CT molecular complexity index is 441. The van der Waals surface area contributed by atoms with Crippen LogP contribution in [0.2, 0.25) is 0 Å². The van der Waals surface area contributed by atoms with Gasteiger partial charge in [-0.25, -0.2) is 4.98 Å². The van der Waals surface area contributed by atoms with Gasteiger partial charge in [0, 0.05) is 17.9 Å². The summed E-state index contributed by atoms with van der Waals surface area (Å²) >= 11 is 0. The van der Waals surface area contributed by atoms with Crippen LogP contribution in [0, 0.1) is 5.41 Å². The number of carbonyl (C=O) groups excluding carboxylic acids is 1. The third-order valence-corrected chi connectivity index (χ3v) is 3.74. The summed E-state index contributed by atoms with van der Waals surface area (Å²) in [6, 6.07) is -0.0203. The molecule has 0 aromatic carbocycles. The zero-order valence-corrected chi connectivity index (χ0v) is 11.0. The van der Waals surface area contributed by atoms with Gasteiger partial charge in [0.1, 0.15) is 5.82 Å². The summed E-state index contributed by atoms with van der Waals surface area (Å²) in [4.78, 5) is 16.1. The molecule has 1 fully saturated rings. The molecule has 2 atom stereocenters. The number of H-pyrrole nitrogens is 1. The number of aromatic nitrogens is 3. The molecule has 6 heteroatoms. The molecule has 1 heterocycles. The van der Waals surface area contributed by atoms with Gasteiger partial charge in [0.25, 0.3) is 5.91 Å². The number of aryl methyl sites for hydroxylation is 1. The molecule has 0 radical (unpaired) electrons. The SMILES string of the molecule is CCCc1nc(C(=O)NC2CC(O)C2(C)C)n[nH]1. The van der Waals surface area contributed by atoms with Gasteiger partial charge in [-0.1, -0.05) is 20.8 Å². The molecular weight excluding hydrogens is 232 g/mol. The number of carbonyl (C=O) groups is 1. The second-order valence-corrected chi connectivity index (χ2v) is 5.45. The van der Waals surface area contributed by atoms with Gasteiger partial charge in [-0.15, -0.1) is 5.10 Å². The number of hydrogen-bond acceptors (Lipinski definition) is 4. The van der Waals surface area contributed by atoms with Crippen molar-refractivity contribution in [1.29, 1.82) is 0 Å². The molecule has 0 bridgehead atoms. The minimum absolute atomic E-state index is 0.0203. The van der Waals surface area contributed by atoms with Crippen LogP contribution >= 0.6 is 0 Å². The van der Waals surface area contributed by atoms with Crippen LogP contribution in [-0.2, 0) is 6.42 Å². The quantitative estimate of drug-likeness (QED) is 0.733. The van der Waals surface area contributed by atoms with Crippen molar-refractivity contribution in [2.24, 2.45) is 5.41 Å². The molecule has 1 aromatic rings. The predicted molar refractivity (Wildman–Crippen MR) is 66.0 cm³/mol. The number of aliphatic hydroxyl groups is 1. The molecule has 0 saturated heterocycles. The standard InChI is InChI=1S/C12H20N4O2/c1-4-5-9-14-10(16-15-9)11(18)13-7-6-8(17)12(7,2)3/h7-8,17H,4-6H2,1-3H3,(H,13,18)(H,14,15,16). The van der Waals surface area contributed by atoms with E-state index in [2.05, 4.69) is 20.5 Å². The van der Waals surface area contributed by atoms with Crippen molar-refractivity contribution in [2.45, 2.75) is 52.2 Å². The Hall–Kier alpha value is -1.43. The molecule has 100 valence electrons. The van der Waals surface area contributed by atoms with E-state index in [0.717, 1.165) is 18.7 Å². The van der Waals surface area contributed by atoms with Crippen LogP contribution in [0.15, 0.2) is 0 Å². The lowest BCUT2D eigenvalue weighted by atomic mass is 9.64. The van der Waals surface area contributed by atoms with Crippen LogP contribution in [-0.4, -0.2) is 38.3 Å². The summed E-state index contributed by atoms with van der Waals surface area (Å²) in [6.45, 7) is 5.92. The first-order chi connectivity index (χ1) is 8.45. The summed E-state index contributed by atoms with van der Waals surface area (Å²) < 4.78 is 0. The molecule has 2 rings (SSSR count). The highest BCUT2D eigenvalue weighted by Crippen LogP contribution is 2.40. The normalized spacial score (nSPS) is 25.6. The third kappa shape index (κ3) is 2.25. The summed E-state index contributed by atoms with van der Waals surface area (Å²) in [7, 11) is 0. The summed E-state index contributed by atoms with van der Waals surface area (Å²) in [5.41, 5.74) is -0.280. The van der Waals surface area contributed by atoms with E-state index in [-0.39, 0.29) is 29.3 Å². The lowest BCUT2D eigenvalue weighted by Gasteiger charge is -2.49. The van der Waals surface area contributed by atoms with E-state index >= 15 is 0 Å². The summed E-state index contributed by atoms with van der Waals surface area (Å²) in [5, 5.41) is 19.1. The van der Waals surface area contributed by atoms with Crippen molar-refractivity contribution in [1.82, 2.24) is 20.5 Å². The Kier molecular flexibility index (Phi) is 3.38. The predicted octanol–water partition coefficient (Wildman–Crippen LogP) is 0.646. The molecule has 6 nitrogen and oxygen atoms in total. The number of aromatic amines is 1. The van der Waals surface area contributed by atoms with Gasteiger partial charge in [-0.2, -0.15) is 0 Å². The fraction of sp³-hybridized carbons (Fsp3) is 0.750. The fourth-order valence-electron chi connectivity index (χ4n) is 2.12. The molecule has 1 amide bonds. The average molecular weight is 252 g/mol. The number of nitrogens with one attached hydrogen (secondary N) is 2. The monoisotopic (exact) mass is 252 g/mol. The lowest BCUT2D eigenvalue weighted by molar-refractivity contribution is -0.0690. The molecule has 0 spiro atoms. The Balaban J connectivity index is 1.96. The molecule has 2 unspecified atom stereocenters. The number of hydrogen-bond donors (Lipinski definition) is 3. The van der Waals surface area contributed by atoms with Crippen LogP contribution in [0.4, 0.5) is 0 Å². The van der Waals surface area contributed by atoms with Gasteiger partial charge in [0.05, 0.1) is 6.10 Å². The van der Waals surface area contributed by atoms with Crippen LogP contribution in [0.1, 0.15) is 50.1 Å². The lowest BCUT2D eigenvalue weighted by Crippen LogP contribution is -2.61. The molecule has 0 aliphatic heterocycles. The van der Waals surface area contributed by atoms with E-state index in [1.54, 1.807) is 0 Å². The fourth-order valence-corrected chi connectivity index (χ4v) is 2.12. The Labute approximate surface area is 106 Å². The zero-order chi connectivity index (χ0) is 13.3. The van der Waals surface area contributed by atoms with Gasteiger partial charge in [-0.3, -0.25) is 9.89 Å². The van der Waals surface area contributed by atoms with Crippen LogP contribution < -0.4 is 5.32 Å². The van der Waals surface area contributed by atoms with Crippen LogP contribution in [0.3, 0.4) is 0 Å². The van der Waals surface area contributed by atoms with Crippen molar-refractivity contribution in [3.8, 4) is 0 Å². The number of aliphatic hydroxyl groups excluding tert-OH is 1. The molecule has 1 aliphatic rings. The van der Waals surface area contributed by atoms with Crippen molar-refractivity contribution >= 4 is 5.91 Å².